The highest BCUT2D eigenvalue weighted by Gasteiger charge is 2.50. The zero-order valence-corrected chi connectivity index (χ0v) is 20.2. The molecule has 164 valence electrons. The predicted molar refractivity (Wildman–Crippen MR) is 143 cm³/mol. The summed E-state index contributed by atoms with van der Waals surface area (Å²) in [6.45, 7) is 0. The maximum atomic E-state index is 9.41. The molecule has 0 saturated carbocycles. The molecule has 5 aromatic carbocycles. The quantitative estimate of drug-likeness (QED) is 0.233. The summed E-state index contributed by atoms with van der Waals surface area (Å²) in [5.41, 5.74) is 9.91. The normalized spacial score (nSPS) is 13.9. The Labute approximate surface area is 213 Å². The van der Waals surface area contributed by atoms with Crippen LogP contribution in [0.4, 0.5) is 0 Å². The second-order valence-corrected chi connectivity index (χ2v) is 10.5. The Morgan fingerprint density at radius 2 is 1.23 bits per heavy atom. The van der Waals surface area contributed by atoms with Gasteiger partial charge in [0.2, 0.25) is 0 Å². The van der Waals surface area contributed by atoms with Gasteiger partial charge in [-0.2, -0.15) is 5.26 Å². The lowest BCUT2D eigenvalue weighted by Gasteiger charge is -2.39. The fourth-order valence-electron chi connectivity index (χ4n) is 5.83. The Bertz CT molecular complexity index is 1670. The van der Waals surface area contributed by atoms with Crippen molar-refractivity contribution in [2.75, 3.05) is 0 Å². The first-order valence-corrected chi connectivity index (χ1v) is 12.7. The molecule has 0 radical (unpaired) electrons. The van der Waals surface area contributed by atoms with Crippen molar-refractivity contribution >= 4 is 23.4 Å². The Hall–Kier alpha value is -3.77. The third-order valence-electron chi connectivity index (χ3n) is 7.23. The van der Waals surface area contributed by atoms with Crippen molar-refractivity contribution in [2.45, 2.75) is 15.2 Å². The highest BCUT2D eigenvalue weighted by atomic mass is 35.5. The summed E-state index contributed by atoms with van der Waals surface area (Å²) >= 11 is 8.42. The highest BCUT2D eigenvalue weighted by Crippen LogP contribution is 2.62. The molecule has 0 aromatic heterocycles. The monoisotopic (exact) mass is 483 g/mol. The largest absolute Gasteiger partial charge is 0.192 e. The third-order valence-corrected chi connectivity index (χ3v) is 8.61. The van der Waals surface area contributed by atoms with E-state index in [1.807, 2.05) is 36.0 Å². The van der Waals surface area contributed by atoms with E-state index < -0.39 is 5.41 Å². The number of halogens is 1. The zero-order chi connectivity index (χ0) is 23.6. The molecular weight excluding hydrogens is 466 g/mol. The van der Waals surface area contributed by atoms with Crippen LogP contribution in [0.15, 0.2) is 119 Å². The molecule has 1 aliphatic carbocycles. The molecule has 1 aliphatic heterocycles. The molecule has 0 unspecified atom stereocenters. The van der Waals surface area contributed by atoms with E-state index in [9.17, 15) is 5.26 Å². The summed E-state index contributed by atoms with van der Waals surface area (Å²) in [5.74, 6) is 0. The van der Waals surface area contributed by atoms with E-state index in [0.29, 0.717) is 5.56 Å². The van der Waals surface area contributed by atoms with Crippen LogP contribution in [0.2, 0.25) is 5.02 Å². The molecule has 35 heavy (non-hydrogen) atoms. The van der Waals surface area contributed by atoms with Gasteiger partial charge in [-0.3, -0.25) is 0 Å². The predicted octanol–water partition coefficient (Wildman–Crippen LogP) is 8.71. The van der Waals surface area contributed by atoms with Crippen molar-refractivity contribution in [2.24, 2.45) is 0 Å². The van der Waals surface area contributed by atoms with Crippen LogP contribution in [0, 0.1) is 11.3 Å². The maximum Gasteiger partial charge on any atom is 0.0991 e. The smallest absolute Gasteiger partial charge is 0.0991 e. The summed E-state index contributed by atoms with van der Waals surface area (Å²) in [5, 5.41) is 10.1. The van der Waals surface area contributed by atoms with E-state index in [1.54, 1.807) is 0 Å². The average molecular weight is 484 g/mol. The van der Waals surface area contributed by atoms with Crippen molar-refractivity contribution in [3.63, 3.8) is 0 Å². The summed E-state index contributed by atoms with van der Waals surface area (Å²) in [7, 11) is 0. The number of hydrogen-bond donors (Lipinski definition) is 0. The van der Waals surface area contributed by atoms with E-state index in [-0.39, 0.29) is 0 Å². The first kappa shape index (κ1) is 20.6. The van der Waals surface area contributed by atoms with Gasteiger partial charge in [-0.1, -0.05) is 90.1 Å². The van der Waals surface area contributed by atoms with Gasteiger partial charge in [0, 0.05) is 14.8 Å². The number of benzene rings is 5. The molecule has 0 fully saturated rings. The molecule has 0 amide bonds. The lowest BCUT2D eigenvalue weighted by Crippen LogP contribution is -2.31. The van der Waals surface area contributed by atoms with Crippen molar-refractivity contribution in [3.05, 3.63) is 142 Å². The van der Waals surface area contributed by atoms with Gasteiger partial charge in [0.15, 0.2) is 0 Å². The second-order valence-electron chi connectivity index (χ2n) is 8.99. The van der Waals surface area contributed by atoms with Crippen LogP contribution in [0.25, 0.3) is 22.3 Å². The third kappa shape index (κ3) is 2.83. The first-order valence-electron chi connectivity index (χ1n) is 11.5. The molecule has 1 heterocycles. The lowest BCUT2D eigenvalue weighted by atomic mass is 9.67. The van der Waals surface area contributed by atoms with Gasteiger partial charge in [0.1, 0.15) is 0 Å². The van der Waals surface area contributed by atoms with E-state index in [1.165, 1.54) is 43.2 Å². The van der Waals surface area contributed by atoms with Gasteiger partial charge in [0.05, 0.1) is 17.0 Å². The maximum absolute atomic E-state index is 9.41. The van der Waals surface area contributed by atoms with Crippen molar-refractivity contribution in [3.8, 4) is 28.3 Å². The van der Waals surface area contributed by atoms with Crippen molar-refractivity contribution in [1.29, 1.82) is 5.26 Å². The Kier molecular flexibility index (Phi) is 4.48. The molecule has 1 nitrogen and oxygen atoms in total. The Morgan fingerprint density at radius 1 is 0.600 bits per heavy atom. The standard InChI is InChI=1S/C32H18ClNS/c33-23-13-15-27-25(18-23)24-17-22(21-7-5-6-20(16-21)19-34)12-14-26(24)32(27)28-8-1-3-10-30(28)35-31-11-4-2-9-29(31)32/h1-18H. The van der Waals surface area contributed by atoms with Crippen molar-refractivity contribution in [1.82, 2.24) is 0 Å². The van der Waals surface area contributed by atoms with Gasteiger partial charge < -0.3 is 0 Å². The molecule has 0 saturated heterocycles. The first-order chi connectivity index (χ1) is 17.2. The van der Waals surface area contributed by atoms with Gasteiger partial charge >= 0.3 is 0 Å². The van der Waals surface area contributed by atoms with Gasteiger partial charge in [-0.15, -0.1) is 0 Å². The number of fused-ring (bicyclic) bond motifs is 9. The van der Waals surface area contributed by atoms with Crippen LogP contribution in [-0.2, 0) is 5.41 Å². The minimum Gasteiger partial charge on any atom is -0.192 e. The molecular formula is C32H18ClNS. The van der Waals surface area contributed by atoms with Gasteiger partial charge in [-0.05, 0) is 87.0 Å². The van der Waals surface area contributed by atoms with Crippen LogP contribution in [0.1, 0.15) is 27.8 Å². The van der Waals surface area contributed by atoms with Crippen LogP contribution < -0.4 is 0 Å². The lowest BCUT2D eigenvalue weighted by molar-refractivity contribution is 0.722. The average Bonchev–Trinajstić information content (AvgIpc) is 3.18. The molecule has 2 aliphatic rings. The van der Waals surface area contributed by atoms with Crippen LogP contribution >= 0.6 is 23.4 Å². The SMILES string of the molecule is N#Cc1cccc(-c2ccc3c(c2)-c2cc(Cl)ccc2C32c3ccccc3Sc3ccccc32)c1. The summed E-state index contributed by atoms with van der Waals surface area (Å²) in [6.07, 6.45) is 0. The molecule has 7 rings (SSSR count). The summed E-state index contributed by atoms with van der Waals surface area (Å²) in [6, 6.07) is 40.7. The minimum atomic E-state index is -0.402. The van der Waals surface area contributed by atoms with E-state index in [4.69, 9.17) is 11.6 Å². The summed E-state index contributed by atoms with van der Waals surface area (Å²) in [4.78, 5) is 2.57. The van der Waals surface area contributed by atoms with Gasteiger partial charge in [0.25, 0.3) is 0 Å². The second kappa shape index (κ2) is 7.62. The molecule has 0 bridgehead atoms. The van der Waals surface area contributed by atoms with Crippen LogP contribution in [0.5, 0.6) is 0 Å². The van der Waals surface area contributed by atoms with E-state index in [0.717, 1.165) is 16.1 Å². The highest BCUT2D eigenvalue weighted by molar-refractivity contribution is 7.99. The topological polar surface area (TPSA) is 23.8 Å². The Balaban J connectivity index is 1.59. The van der Waals surface area contributed by atoms with Crippen LogP contribution in [0.3, 0.4) is 0 Å². The molecule has 5 aromatic rings. The Morgan fingerprint density at radius 3 is 1.94 bits per heavy atom. The number of rotatable bonds is 1. The van der Waals surface area contributed by atoms with Gasteiger partial charge in [-0.25, -0.2) is 0 Å². The van der Waals surface area contributed by atoms with E-state index >= 15 is 0 Å². The minimum absolute atomic E-state index is 0.402. The summed E-state index contributed by atoms with van der Waals surface area (Å²) < 4.78 is 0. The molecule has 0 atom stereocenters. The number of nitrogens with zero attached hydrogens (tertiary/aromatic N) is 1. The van der Waals surface area contributed by atoms with Crippen LogP contribution in [-0.4, -0.2) is 0 Å². The van der Waals surface area contributed by atoms with Crippen molar-refractivity contribution < 1.29 is 0 Å². The molecule has 0 N–H and O–H groups in total. The fourth-order valence-corrected chi connectivity index (χ4v) is 7.19. The fraction of sp³-hybridized carbons (Fsp3) is 0.0312. The zero-order valence-electron chi connectivity index (χ0n) is 18.6. The molecule has 1 spiro atoms. The van der Waals surface area contributed by atoms with E-state index in [2.05, 4.69) is 91.0 Å². The number of nitriles is 1. The number of hydrogen-bond acceptors (Lipinski definition) is 2. The molecule has 3 heteroatoms.